The number of hydrogen-bond acceptors (Lipinski definition) is 10. The third-order valence-electron chi connectivity index (χ3n) is 8.08. The number of carbonyl (C=O) groups excluding carboxylic acids is 1. The van der Waals surface area contributed by atoms with E-state index in [9.17, 15) is 17.6 Å². The van der Waals surface area contributed by atoms with Gasteiger partial charge in [-0.15, -0.1) is 10.2 Å². The first-order valence-corrected chi connectivity index (χ1v) is 15.2. The van der Waals surface area contributed by atoms with Gasteiger partial charge in [0.1, 0.15) is 22.7 Å². The van der Waals surface area contributed by atoms with Crippen molar-refractivity contribution in [3.8, 4) is 22.5 Å². The fourth-order valence-corrected chi connectivity index (χ4v) is 7.37. The second kappa shape index (κ2) is 9.65. The number of hydrogen-bond donors (Lipinski definition) is 2. The number of piperidine rings is 1. The fraction of sp³-hybridized carbons (Fsp3) is 0.296. The normalized spacial score (nSPS) is 20.3. The van der Waals surface area contributed by atoms with Crippen molar-refractivity contribution >= 4 is 27.2 Å². The Bertz CT molecular complexity index is 1930. The molecule has 7 rings (SSSR count). The van der Waals surface area contributed by atoms with Crippen LogP contribution in [0.25, 0.3) is 28.2 Å². The minimum atomic E-state index is -3.79. The summed E-state index contributed by atoms with van der Waals surface area (Å²) < 4.78 is 41.7. The van der Waals surface area contributed by atoms with Gasteiger partial charge in [-0.3, -0.25) is 14.8 Å². The van der Waals surface area contributed by atoms with Crippen molar-refractivity contribution < 1.29 is 17.6 Å². The first kappa shape index (κ1) is 26.1. The van der Waals surface area contributed by atoms with Crippen LogP contribution in [0.2, 0.25) is 0 Å². The van der Waals surface area contributed by atoms with Gasteiger partial charge < -0.3 is 15.6 Å². The van der Waals surface area contributed by atoms with E-state index >= 15 is 0 Å². The third kappa shape index (κ3) is 4.19. The molecule has 15 heteroatoms. The lowest BCUT2D eigenvalue weighted by Gasteiger charge is -2.38. The van der Waals surface area contributed by atoms with Crippen molar-refractivity contribution in [2.24, 2.45) is 0 Å². The number of rotatable bonds is 5. The van der Waals surface area contributed by atoms with Crippen LogP contribution in [0.15, 0.2) is 54.1 Å². The molecule has 2 saturated heterocycles. The van der Waals surface area contributed by atoms with Gasteiger partial charge in [0.25, 0.3) is 5.91 Å². The van der Waals surface area contributed by atoms with Crippen LogP contribution < -0.4 is 5.73 Å². The van der Waals surface area contributed by atoms with Gasteiger partial charge in [0, 0.05) is 47.8 Å². The number of halogens is 1. The molecule has 7 heterocycles. The maximum absolute atomic E-state index is 14.2. The van der Waals surface area contributed by atoms with Crippen molar-refractivity contribution in [2.75, 3.05) is 12.0 Å². The Morgan fingerprint density at radius 3 is 2.55 bits per heavy atom. The number of anilines is 1. The largest absolute Gasteiger partial charge is 0.382 e. The number of fused-ring (bicyclic) bond motifs is 3. The molecule has 5 aromatic heterocycles. The summed E-state index contributed by atoms with van der Waals surface area (Å²) in [5.41, 5.74) is 8.95. The lowest BCUT2D eigenvalue weighted by molar-refractivity contribution is 0.0556. The molecule has 42 heavy (non-hydrogen) atoms. The van der Waals surface area contributed by atoms with Crippen molar-refractivity contribution in [3.05, 3.63) is 66.5 Å². The first-order valence-electron chi connectivity index (χ1n) is 13.3. The van der Waals surface area contributed by atoms with Crippen molar-refractivity contribution in [1.29, 1.82) is 0 Å². The number of sulfone groups is 1. The molecule has 0 aliphatic carbocycles. The zero-order valence-corrected chi connectivity index (χ0v) is 23.2. The van der Waals surface area contributed by atoms with Crippen LogP contribution in [0.3, 0.4) is 0 Å². The molecule has 3 N–H and O–H groups in total. The number of nitrogen functional groups attached to an aromatic ring is 1. The number of amides is 1. The van der Waals surface area contributed by atoms with Gasteiger partial charge in [0.15, 0.2) is 21.3 Å². The monoisotopic (exact) mass is 588 g/mol. The molecule has 0 saturated carbocycles. The predicted molar refractivity (Wildman–Crippen MR) is 148 cm³/mol. The molecule has 1 amide bonds. The highest BCUT2D eigenvalue weighted by atomic mass is 32.2. The zero-order valence-electron chi connectivity index (χ0n) is 22.3. The molecular weight excluding hydrogens is 563 g/mol. The Kier molecular flexibility index (Phi) is 6.00. The van der Waals surface area contributed by atoms with E-state index in [0.717, 1.165) is 19.1 Å². The van der Waals surface area contributed by atoms with Crippen LogP contribution in [0.5, 0.6) is 0 Å². The van der Waals surface area contributed by atoms with Gasteiger partial charge >= 0.3 is 0 Å². The Balaban J connectivity index is 1.28. The number of aromatic nitrogens is 8. The molecule has 0 spiro atoms. The number of nitrogens with one attached hydrogen (secondary N) is 1. The van der Waals surface area contributed by atoms with Crippen LogP contribution in [-0.2, 0) is 9.84 Å². The average Bonchev–Trinajstić information content (AvgIpc) is 3.71. The second-order valence-electron chi connectivity index (χ2n) is 10.6. The highest BCUT2D eigenvalue weighted by Gasteiger charge is 2.46. The molecule has 2 aliphatic heterocycles. The van der Waals surface area contributed by atoms with Gasteiger partial charge in [-0.2, -0.15) is 9.61 Å². The SMILES string of the molecule is CS(=O)(=O)c1c(C2CC3CCC(C2)N3C(=O)c2nnc[nH]2)nc2c(-c3ccc(-c4ncccc4F)nc3)cnn2c1N. The number of nitrogens with two attached hydrogens (primary N) is 1. The van der Waals surface area contributed by atoms with Gasteiger partial charge in [-0.25, -0.2) is 17.8 Å². The van der Waals surface area contributed by atoms with Crippen LogP contribution in [-0.4, -0.2) is 77.3 Å². The smallest absolute Gasteiger partial charge is 0.292 e. The molecule has 0 aromatic carbocycles. The predicted octanol–water partition coefficient (Wildman–Crippen LogP) is 2.65. The molecule has 13 nitrogen and oxygen atoms in total. The van der Waals surface area contributed by atoms with Gasteiger partial charge in [-0.1, -0.05) is 6.07 Å². The van der Waals surface area contributed by atoms with Gasteiger partial charge in [-0.05, 0) is 43.9 Å². The summed E-state index contributed by atoms with van der Waals surface area (Å²) in [6.45, 7) is 0. The molecule has 2 aliphatic rings. The molecule has 2 unspecified atom stereocenters. The maximum atomic E-state index is 14.2. The lowest BCUT2D eigenvalue weighted by atomic mass is 9.87. The molecule has 2 atom stereocenters. The number of H-pyrrole nitrogens is 1. The van der Waals surface area contributed by atoms with E-state index in [2.05, 4.69) is 30.2 Å². The van der Waals surface area contributed by atoms with E-state index in [4.69, 9.17) is 10.7 Å². The van der Waals surface area contributed by atoms with Gasteiger partial charge in [0.2, 0.25) is 5.82 Å². The van der Waals surface area contributed by atoms with E-state index in [-0.39, 0.29) is 46.1 Å². The summed E-state index contributed by atoms with van der Waals surface area (Å²) in [4.78, 5) is 31.0. The molecular formula is C27H25FN10O3S. The maximum Gasteiger partial charge on any atom is 0.292 e. The summed E-state index contributed by atoms with van der Waals surface area (Å²) in [6, 6.07) is 6.02. The summed E-state index contributed by atoms with van der Waals surface area (Å²) in [5.74, 6) is -0.807. The minimum Gasteiger partial charge on any atom is -0.382 e. The number of nitrogens with zero attached hydrogens (tertiary/aromatic N) is 8. The third-order valence-corrected chi connectivity index (χ3v) is 9.24. The lowest BCUT2D eigenvalue weighted by Crippen LogP contribution is -2.46. The van der Waals surface area contributed by atoms with Crippen molar-refractivity contribution in [1.82, 2.24) is 44.6 Å². The highest BCUT2D eigenvalue weighted by molar-refractivity contribution is 7.91. The summed E-state index contributed by atoms with van der Waals surface area (Å²) in [7, 11) is -3.79. The second-order valence-corrected chi connectivity index (χ2v) is 12.6. The topological polar surface area (TPSA) is 178 Å². The molecule has 214 valence electrons. The standard InChI is InChI=1S/C27H25FN10O3S/c1-42(40,41)23-21(15-9-16-5-6-17(10-15)37(16)27(39)25-32-13-33-36-25)35-26-18(12-34-38(26)24(23)29)14-4-7-20(31-11-14)22-19(28)3-2-8-30-22/h2-4,7-8,11-13,15-17H,5-6,9-10,29H2,1H3,(H,32,33,36). The number of carbonyl (C=O) groups is 1. The van der Waals surface area contributed by atoms with E-state index in [1.165, 1.54) is 29.2 Å². The molecule has 2 fully saturated rings. The van der Waals surface area contributed by atoms with Crippen LogP contribution >= 0.6 is 0 Å². The van der Waals surface area contributed by atoms with Crippen LogP contribution in [0, 0.1) is 5.82 Å². The van der Waals surface area contributed by atoms with E-state index in [1.807, 2.05) is 4.90 Å². The quantitative estimate of drug-likeness (QED) is 0.310. The summed E-state index contributed by atoms with van der Waals surface area (Å²) in [6.07, 6.45) is 9.72. The summed E-state index contributed by atoms with van der Waals surface area (Å²) >= 11 is 0. The zero-order chi connectivity index (χ0) is 29.2. The summed E-state index contributed by atoms with van der Waals surface area (Å²) in [5, 5.41) is 12.0. The van der Waals surface area contributed by atoms with Crippen molar-refractivity contribution in [3.63, 3.8) is 0 Å². The van der Waals surface area contributed by atoms with Gasteiger partial charge in [0.05, 0.1) is 17.6 Å². The fourth-order valence-electron chi connectivity index (χ4n) is 6.31. The number of pyridine rings is 2. The molecule has 2 bridgehead atoms. The van der Waals surface area contributed by atoms with E-state index in [1.54, 1.807) is 24.5 Å². The Morgan fingerprint density at radius 2 is 1.90 bits per heavy atom. The van der Waals surface area contributed by atoms with Crippen molar-refractivity contribution in [2.45, 2.75) is 48.6 Å². The van der Waals surface area contributed by atoms with E-state index < -0.39 is 15.7 Å². The number of aromatic amines is 1. The van der Waals surface area contributed by atoms with Crippen LogP contribution in [0.4, 0.5) is 10.2 Å². The Labute approximate surface area is 239 Å². The molecule has 0 radical (unpaired) electrons. The molecule has 5 aromatic rings. The first-order chi connectivity index (χ1) is 20.2. The highest BCUT2D eigenvalue weighted by Crippen LogP contribution is 2.45. The van der Waals surface area contributed by atoms with Crippen LogP contribution in [0.1, 0.15) is 47.9 Å². The minimum absolute atomic E-state index is 0.0311. The Morgan fingerprint density at radius 1 is 1.12 bits per heavy atom. The van der Waals surface area contributed by atoms with E-state index in [0.29, 0.717) is 41.0 Å². The average molecular weight is 589 g/mol. The Hall–Kier alpha value is -4.79.